The summed E-state index contributed by atoms with van der Waals surface area (Å²) in [6.45, 7) is 1.30. The van der Waals surface area contributed by atoms with Crippen molar-refractivity contribution < 1.29 is 19.1 Å². The van der Waals surface area contributed by atoms with Gasteiger partial charge in [0, 0.05) is 24.2 Å². The lowest BCUT2D eigenvalue weighted by atomic mass is 10.0. The molecule has 2 amide bonds. The van der Waals surface area contributed by atoms with Crippen molar-refractivity contribution in [2.45, 2.75) is 38.1 Å². The Morgan fingerprint density at radius 1 is 1.26 bits per heavy atom. The van der Waals surface area contributed by atoms with E-state index in [4.69, 9.17) is 4.74 Å². The summed E-state index contributed by atoms with van der Waals surface area (Å²) in [6.07, 6.45) is 3.53. The molecule has 1 aliphatic rings. The number of likely N-dealkylation sites (tertiary alicyclic amines) is 1. The molecule has 7 nitrogen and oxygen atoms in total. The molecule has 1 atom stereocenters. The van der Waals surface area contributed by atoms with Crippen LogP contribution in [0.3, 0.4) is 0 Å². The minimum absolute atomic E-state index is 0. The molecule has 8 heteroatoms. The van der Waals surface area contributed by atoms with E-state index in [1.165, 1.54) is 7.11 Å². The van der Waals surface area contributed by atoms with Crippen LogP contribution in [0.2, 0.25) is 0 Å². The lowest BCUT2D eigenvalue weighted by molar-refractivity contribution is -0.147. The number of carbonyl (C=O) groups is 3. The Morgan fingerprint density at radius 3 is 2.74 bits per heavy atom. The largest absolute Gasteiger partial charge is 0.467 e. The molecule has 1 heterocycles. The van der Waals surface area contributed by atoms with Crippen molar-refractivity contribution in [1.82, 2.24) is 10.2 Å². The van der Waals surface area contributed by atoms with Crippen LogP contribution >= 0.6 is 12.4 Å². The fraction of sp³-hybridized carbons (Fsp3) is 0.526. The lowest BCUT2D eigenvalue weighted by Crippen LogP contribution is -2.48. The fourth-order valence-corrected chi connectivity index (χ4v) is 3.10. The van der Waals surface area contributed by atoms with E-state index in [-0.39, 0.29) is 30.2 Å². The van der Waals surface area contributed by atoms with Crippen molar-refractivity contribution in [3.05, 3.63) is 29.8 Å². The van der Waals surface area contributed by atoms with E-state index in [1.807, 2.05) is 7.05 Å². The first-order valence-electron chi connectivity index (χ1n) is 9.00. The normalized spacial score (nSPS) is 16.2. The van der Waals surface area contributed by atoms with E-state index >= 15 is 0 Å². The second kappa shape index (κ2) is 11.6. The minimum Gasteiger partial charge on any atom is -0.467 e. The summed E-state index contributed by atoms with van der Waals surface area (Å²) in [7, 11) is 3.18. The van der Waals surface area contributed by atoms with E-state index in [2.05, 4.69) is 10.6 Å². The number of rotatable bonds is 7. The van der Waals surface area contributed by atoms with E-state index in [0.717, 1.165) is 25.8 Å². The predicted molar refractivity (Wildman–Crippen MR) is 106 cm³/mol. The van der Waals surface area contributed by atoms with Gasteiger partial charge in [-0.2, -0.15) is 0 Å². The number of hydrogen-bond donors (Lipinski definition) is 2. The predicted octanol–water partition coefficient (Wildman–Crippen LogP) is 2.21. The highest BCUT2D eigenvalue weighted by atomic mass is 35.5. The maximum absolute atomic E-state index is 12.9. The summed E-state index contributed by atoms with van der Waals surface area (Å²) in [5, 5.41) is 5.81. The van der Waals surface area contributed by atoms with Crippen LogP contribution in [0.5, 0.6) is 0 Å². The number of amides is 2. The van der Waals surface area contributed by atoms with Gasteiger partial charge in [0.25, 0.3) is 5.91 Å². The molecule has 0 aromatic heterocycles. The zero-order valence-electron chi connectivity index (χ0n) is 15.8. The number of halogens is 1. The van der Waals surface area contributed by atoms with Crippen molar-refractivity contribution in [3.63, 3.8) is 0 Å². The molecule has 27 heavy (non-hydrogen) atoms. The van der Waals surface area contributed by atoms with Gasteiger partial charge in [-0.15, -0.1) is 12.4 Å². The SMILES string of the molecule is CNCCCC(=O)Nc1cccc(C(=O)N2CCCCC2C(=O)OC)c1.Cl. The average Bonchev–Trinajstić information content (AvgIpc) is 2.67. The number of benzene rings is 1. The summed E-state index contributed by atoms with van der Waals surface area (Å²) in [4.78, 5) is 38.4. The highest BCUT2D eigenvalue weighted by Gasteiger charge is 2.33. The minimum atomic E-state index is -0.541. The smallest absolute Gasteiger partial charge is 0.328 e. The molecule has 0 spiro atoms. The van der Waals surface area contributed by atoms with Crippen LogP contribution in [0.1, 0.15) is 42.5 Å². The van der Waals surface area contributed by atoms with E-state index in [1.54, 1.807) is 29.2 Å². The monoisotopic (exact) mass is 397 g/mol. The third kappa shape index (κ3) is 6.52. The van der Waals surface area contributed by atoms with Gasteiger partial charge in [0.05, 0.1) is 7.11 Å². The van der Waals surface area contributed by atoms with E-state index < -0.39 is 6.04 Å². The number of ether oxygens (including phenoxy) is 1. The lowest BCUT2D eigenvalue weighted by Gasteiger charge is -2.33. The van der Waals surface area contributed by atoms with Gasteiger partial charge in [0.2, 0.25) is 5.91 Å². The van der Waals surface area contributed by atoms with Gasteiger partial charge in [-0.1, -0.05) is 6.07 Å². The van der Waals surface area contributed by atoms with Gasteiger partial charge in [-0.05, 0) is 57.5 Å². The van der Waals surface area contributed by atoms with Crippen molar-refractivity contribution in [2.75, 3.05) is 32.6 Å². The Labute approximate surface area is 166 Å². The maximum Gasteiger partial charge on any atom is 0.328 e. The third-order valence-electron chi connectivity index (χ3n) is 4.46. The van der Waals surface area contributed by atoms with Gasteiger partial charge < -0.3 is 20.3 Å². The number of nitrogens with one attached hydrogen (secondary N) is 2. The highest BCUT2D eigenvalue weighted by Crippen LogP contribution is 2.22. The standard InChI is InChI=1S/C19H27N3O4.ClH/c1-20-11-6-10-17(23)21-15-8-5-7-14(13-15)18(24)22-12-4-3-9-16(22)19(25)26-2;/h5,7-8,13,16,20H,3-4,6,9-12H2,1-2H3,(H,21,23);1H. The van der Waals surface area contributed by atoms with E-state index in [9.17, 15) is 14.4 Å². The zero-order chi connectivity index (χ0) is 18.9. The number of nitrogens with zero attached hydrogens (tertiary/aromatic N) is 1. The Hall–Kier alpha value is -2.12. The molecule has 1 aromatic rings. The number of hydrogen-bond acceptors (Lipinski definition) is 5. The summed E-state index contributed by atoms with van der Waals surface area (Å²) in [6, 6.07) is 6.29. The molecule has 0 bridgehead atoms. The molecule has 1 saturated heterocycles. The third-order valence-corrected chi connectivity index (χ3v) is 4.46. The summed E-state index contributed by atoms with van der Waals surface area (Å²) in [5.41, 5.74) is 1.03. The van der Waals surface area contributed by atoms with Crippen LogP contribution in [0.15, 0.2) is 24.3 Å². The molecule has 1 fully saturated rings. The van der Waals surface area contributed by atoms with Gasteiger partial charge in [-0.25, -0.2) is 4.79 Å². The second-order valence-electron chi connectivity index (χ2n) is 6.37. The molecular weight excluding hydrogens is 370 g/mol. The Bertz CT molecular complexity index is 654. The molecule has 2 N–H and O–H groups in total. The number of methoxy groups -OCH3 is 1. The van der Waals surface area contributed by atoms with Gasteiger partial charge >= 0.3 is 5.97 Å². The summed E-state index contributed by atoms with van der Waals surface area (Å²) in [5.74, 6) is -0.686. The molecular formula is C19H28ClN3O4. The van der Waals surface area contributed by atoms with Crippen molar-refractivity contribution >= 4 is 35.9 Å². The molecule has 150 valence electrons. The zero-order valence-corrected chi connectivity index (χ0v) is 16.6. The molecule has 0 saturated carbocycles. The van der Waals surface area contributed by atoms with Crippen LogP contribution in [0, 0.1) is 0 Å². The molecule has 1 unspecified atom stereocenters. The van der Waals surface area contributed by atoms with Gasteiger partial charge in [0.15, 0.2) is 0 Å². The van der Waals surface area contributed by atoms with Crippen LogP contribution in [0.25, 0.3) is 0 Å². The highest BCUT2D eigenvalue weighted by molar-refractivity contribution is 5.99. The Kier molecular flexibility index (Phi) is 9.82. The second-order valence-corrected chi connectivity index (χ2v) is 6.37. The number of esters is 1. The topological polar surface area (TPSA) is 87.7 Å². The maximum atomic E-state index is 12.9. The molecule has 2 rings (SSSR count). The first kappa shape index (κ1) is 22.9. The Morgan fingerprint density at radius 2 is 2.04 bits per heavy atom. The first-order chi connectivity index (χ1) is 12.6. The fourth-order valence-electron chi connectivity index (χ4n) is 3.10. The Balaban J connectivity index is 0.00000364. The van der Waals surface area contributed by atoms with E-state index in [0.29, 0.717) is 30.6 Å². The van der Waals surface area contributed by atoms with Crippen LogP contribution in [-0.4, -0.2) is 56.0 Å². The van der Waals surface area contributed by atoms with Crippen molar-refractivity contribution in [2.24, 2.45) is 0 Å². The van der Waals surface area contributed by atoms with Crippen molar-refractivity contribution in [3.8, 4) is 0 Å². The number of anilines is 1. The quantitative estimate of drug-likeness (QED) is 0.544. The number of carbonyl (C=O) groups excluding carboxylic acids is 3. The molecule has 1 aliphatic heterocycles. The number of piperidine rings is 1. The molecule has 0 aliphatic carbocycles. The summed E-state index contributed by atoms with van der Waals surface area (Å²) < 4.78 is 4.83. The van der Waals surface area contributed by atoms with Gasteiger partial charge in [-0.3, -0.25) is 9.59 Å². The average molecular weight is 398 g/mol. The van der Waals surface area contributed by atoms with Crippen LogP contribution in [-0.2, 0) is 14.3 Å². The summed E-state index contributed by atoms with van der Waals surface area (Å²) >= 11 is 0. The van der Waals surface area contributed by atoms with Crippen molar-refractivity contribution in [1.29, 1.82) is 0 Å². The molecule has 0 radical (unpaired) electrons. The van der Waals surface area contributed by atoms with Crippen LogP contribution < -0.4 is 10.6 Å². The van der Waals surface area contributed by atoms with Gasteiger partial charge in [0.1, 0.15) is 6.04 Å². The first-order valence-corrected chi connectivity index (χ1v) is 9.00. The van der Waals surface area contributed by atoms with Crippen LogP contribution in [0.4, 0.5) is 5.69 Å². The molecule has 1 aromatic carbocycles.